The predicted octanol–water partition coefficient (Wildman–Crippen LogP) is -2.68. The van der Waals surface area contributed by atoms with E-state index in [0.717, 1.165) is 64.4 Å². The Hall–Kier alpha value is -2.83. The number of ether oxygens (including phenoxy) is 10. The van der Waals surface area contributed by atoms with Crippen LogP contribution in [0.5, 0.6) is 0 Å². The number of amides is 2. The molecule has 31 atom stereocenters. The van der Waals surface area contributed by atoms with Crippen LogP contribution in [0, 0.1) is 39.9 Å². The van der Waals surface area contributed by atoms with Crippen LogP contribution >= 0.6 is 0 Å². The average molecular weight is 1290 g/mol. The summed E-state index contributed by atoms with van der Waals surface area (Å²) in [7, 11) is 0. The minimum Gasteiger partial charge on any atom is -0.394 e. The van der Waals surface area contributed by atoms with Gasteiger partial charge in [0.15, 0.2) is 37.2 Å². The van der Waals surface area contributed by atoms with Crippen LogP contribution < -0.4 is 10.6 Å². The largest absolute Gasteiger partial charge is 0.394 e. The number of hydrogen-bond acceptors (Lipinski definition) is 26. The maximum atomic E-state index is 13.0. The highest BCUT2D eigenvalue weighted by Crippen LogP contribution is 2.68. The van der Waals surface area contributed by atoms with Crippen LogP contribution in [-0.2, 0) is 61.8 Å². The number of allylic oxidation sites excluding steroid dienone is 4. The van der Waals surface area contributed by atoms with Gasteiger partial charge in [-0.1, -0.05) is 51.3 Å². The quantitative estimate of drug-likeness (QED) is 0.0335. The Morgan fingerprint density at radius 1 is 0.578 bits per heavy atom. The molecular weight excluding hydrogens is 1190 g/mol. The van der Waals surface area contributed by atoms with Crippen molar-refractivity contribution in [1.82, 2.24) is 10.6 Å². The van der Waals surface area contributed by atoms with E-state index in [0.29, 0.717) is 24.7 Å². The Bertz CT molecular complexity index is 2540. The van der Waals surface area contributed by atoms with Gasteiger partial charge in [-0.25, -0.2) is 0 Å². The van der Waals surface area contributed by atoms with Gasteiger partial charge in [0, 0.05) is 20.3 Å². The minimum absolute atomic E-state index is 0.00294. The Morgan fingerprint density at radius 2 is 1.11 bits per heavy atom. The Labute approximate surface area is 524 Å². The first kappa shape index (κ1) is 71.5. The lowest BCUT2D eigenvalue weighted by Gasteiger charge is -2.62. The molecule has 9 aliphatic rings. The lowest BCUT2D eigenvalue weighted by Crippen LogP contribution is -2.68. The fourth-order valence-electron chi connectivity index (χ4n) is 17.0. The number of aliphatic hydroxyl groups is 13. The van der Waals surface area contributed by atoms with Gasteiger partial charge in [-0.2, -0.15) is 0 Å². The van der Waals surface area contributed by atoms with E-state index in [1.165, 1.54) is 0 Å². The number of nitrogens with one attached hydrogen (secondary N) is 2. The van der Waals surface area contributed by atoms with E-state index >= 15 is 0 Å². The number of carbonyl (C=O) groups is 3. The predicted molar refractivity (Wildman–Crippen MR) is 309 cm³/mol. The molecule has 0 aromatic heterocycles. The highest BCUT2D eigenvalue weighted by molar-refractivity contribution is 5.90. The molecule has 5 aliphatic heterocycles. The van der Waals surface area contributed by atoms with Gasteiger partial charge >= 0.3 is 0 Å². The van der Waals surface area contributed by atoms with Crippen molar-refractivity contribution in [2.75, 3.05) is 33.0 Å². The van der Waals surface area contributed by atoms with Crippen LogP contribution in [0.25, 0.3) is 0 Å². The second-order valence-electron chi connectivity index (χ2n) is 28.1. The summed E-state index contributed by atoms with van der Waals surface area (Å²) in [5, 5.41) is 147. The third-order valence-corrected chi connectivity index (χ3v) is 21.6. The molecule has 9 rings (SSSR count). The highest BCUT2D eigenvalue weighted by Gasteiger charge is 2.62. The first-order chi connectivity index (χ1) is 42.4. The number of rotatable bonds is 20. The van der Waals surface area contributed by atoms with Gasteiger partial charge in [-0.3, -0.25) is 14.4 Å². The SMILES string of the molecule is CC(=O)NC1C(OC2COC(OC3CCC4(C)C5CCC6(C)C(=C5CCC4C3(C)C)CCC6C(C)CC(=O)C=C(C)C)C(OC3OC(COC4OC(CO)C(O)C(O)C4OC4OC(CO)C(O)C(O)C4O)C(O)C(O)C3NC(C)=O)C2O)OC(CO)C(O)C1O. The van der Waals surface area contributed by atoms with Gasteiger partial charge in [0.05, 0.1) is 39.1 Å². The van der Waals surface area contributed by atoms with Crippen LogP contribution in [-0.4, -0.2) is 270 Å². The molecule has 0 bridgehead atoms. The van der Waals surface area contributed by atoms with Crippen molar-refractivity contribution >= 4 is 17.6 Å². The molecule has 28 heteroatoms. The van der Waals surface area contributed by atoms with E-state index < -0.39 is 204 Å². The van der Waals surface area contributed by atoms with Gasteiger partial charge in [-0.05, 0) is 111 Å². The highest BCUT2D eigenvalue weighted by atomic mass is 16.8. The molecule has 4 aliphatic carbocycles. The van der Waals surface area contributed by atoms with E-state index in [-0.39, 0.29) is 28.4 Å². The molecule has 8 fully saturated rings. The maximum Gasteiger partial charge on any atom is 0.217 e. The van der Waals surface area contributed by atoms with Crippen molar-refractivity contribution in [3.63, 3.8) is 0 Å². The Morgan fingerprint density at radius 3 is 1.71 bits per heavy atom. The molecule has 514 valence electrons. The lowest BCUT2D eigenvalue weighted by molar-refractivity contribution is -0.379. The molecule has 2 amide bonds. The molecule has 0 aromatic rings. The molecule has 0 aromatic carbocycles. The van der Waals surface area contributed by atoms with Gasteiger partial charge in [0.1, 0.15) is 116 Å². The van der Waals surface area contributed by atoms with Gasteiger partial charge in [-0.15, -0.1) is 0 Å². The summed E-state index contributed by atoms with van der Waals surface area (Å²) in [6.07, 6.45) is -29.4. The first-order valence-corrected chi connectivity index (χ1v) is 31.9. The fourth-order valence-corrected chi connectivity index (χ4v) is 17.0. The van der Waals surface area contributed by atoms with Crippen molar-refractivity contribution < 1.29 is 128 Å². The molecular formula is C62H100N2O26. The Balaban J connectivity index is 0.984. The third-order valence-electron chi connectivity index (χ3n) is 21.6. The summed E-state index contributed by atoms with van der Waals surface area (Å²) in [4.78, 5) is 38.4. The molecule has 15 N–H and O–H groups in total. The smallest absolute Gasteiger partial charge is 0.217 e. The summed E-state index contributed by atoms with van der Waals surface area (Å²) >= 11 is 0. The van der Waals surface area contributed by atoms with E-state index in [1.54, 1.807) is 17.2 Å². The van der Waals surface area contributed by atoms with Crippen molar-refractivity contribution in [2.24, 2.45) is 39.9 Å². The second-order valence-corrected chi connectivity index (χ2v) is 28.1. The van der Waals surface area contributed by atoms with E-state index in [9.17, 15) is 80.8 Å². The summed E-state index contributed by atoms with van der Waals surface area (Å²) < 4.78 is 61.9. The summed E-state index contributed by atoms with van der Waals surface area (Å²) in [6, 6.07) is -3.06. The lowest BCUT2D eigenvalue weighted by atomic mass is 9.44. The zero-order chi connectivity index (χ0) is 65.8. The number of ketones is 1. The standard InChI is InChI=1S/C62H100N2O26/c1-25(2)18-29(70)19-26(3)31-11-12-32-30-10-13-39-60(6,7)40(15-17-62(39,9)33(30)14-16-61(31,32)8)88-59-53(47(75)38(24-82-59)87-55-41(63-27(4)68)48(76)43(71)34(20-65)83-55)89-56-42(64-28(5)69)49(77)46(74)37(86-56)23-81-58-54(51(79)45(73)36(22-67)85-58)90-57-52(80)50(78)44(72)35(21-66)84-57/h18,26,31,33-59,65-67,71-80H,10-17,19-24H2,1-9H3,(H,63,68)(H,64,69). The van der Waals surface area contributed by atoms with Crippen molar-refractivity contribution in [2.45, 2.75) is 274 Å². The topological polar surface area (TPSA) is 431 Å². The van der Waals surface area contributed by atoms with Gasteiger partial charge < -0.3 is 124 Å². The molecule has 90 heavy (non-hydrogen) atoms. The third kappa shape index (κ3) is 14.1. The normalized spacial score (nSPS) is 47.3. The van der Waals surface area contributed by atoms with Crippen LogP contribution in [0.2, 0.25) is 0 Å². The fraction of sp³-hybridized carbons (Fsp3) is 0.887. The van der Waals surface area contributed by atoms with Crippen LogP contribution in [0.1, 0.15) is 120 Å². The average Bonchev–Trinajstić information content (AvgIpc) is 1.18. The number of carbonyl (C=O) groups excluding carboxylic acids is 3. The van der Waals surface area contributed by atoms with E-state index in [4.69, 9.17) is 47.4 Å². The van der Waals surface area contributed by atoms with Crippen LogP contribution in [0.3, 0.4) is 0 Å². The van der Waals surface area contributed by atoms with E-state index in [1.807, 2.05) is 13.8 Å². The molecule has 3 saturated carbocycles. The molecule has 5 saturated heterocycles. The second kappa shape index (κ2) is 28.9. The number of hydrogen-bond donors (Lipinski definition) is 15. The first-order valence-electron chi connectivity index (χ1n) is 31.9. The minimum atomic E-state index is -1.99. The molecule has 0 spiro atoms. The summed E-state index contributed by atoms with van der Waals surface area (Å²) in [5.41, 5.74) is 3.45. The molecule has 31 unspecified atom stereocenters. The summed E-state index contributed by atoms with van der Waals surface area (Å²) in [5.74, 6) is -0.109. The van der Waals surface area contributed by atoms with Gasteiger partial charge in [0.25, 0.3) is 0 Å². The number of fused-ring (bicyclic) bond motifs is 4. The van der Waals surface area contributed by atoms with Crippen LogP contribution in [0.4, 0.5) is 0 Å². The molecule has 0 radical (unpaired) electrons. The maximum absolute atomic E-state index is 13.0. The van der Waals surface area contributed by atoms with Crippen molar-refractivity contribution in [3.05, 3.63) is 22.8 Å². The Kier molecular flexibility index (Phi) is 22.9. The van der Waals surface area contributed by atoms with E-state index in [2.05, 4.69) is 45.3 Å². The van der Waals surface area contributed by atoms with Crippen molar-refractivity contribution in [3.8, 4) is 0 Å². The van der Waals surface area contributed by atoms with Crippen molar-refractivity contribution in [1.29, 1.82) is 0 Å². The van der Waals surface area contributed by atoms with Crippen LogP contribution in [0.15, 0.2) is 22.8 Å². The zero-order valence-electron chi connectivity index (χ0n) is 52.8. The zero-order valence-corrected chi connectivity index (χ0v) is 52.8. The monoisotopic (exact) mass is 1290 g/mol. The summed E-state index contributed by atoms with van der Waals surface area (Å²) in [6.45, 7) is 13.8. The number of aliphatic hydroxyl groups excluding tert-OH is 13. The van der Waals surface area contributed by atoms with Gasteiger partial charge in [0.2, 0.25) is 11.8 Å². The molecule has 5 heterocycles. The molecule has 28 nitrogen and oxygen atoms in total.